The van der Waals surface area contributed by atoms with Crippen molar-refractivity contribution in [1.29, 1.82) is 0 Å². The number of phenols is 1. The van der Waals surface area contributed by atoms with E-state index in [2.05, 4.69) is 10.3 Å². The van der Waals surface area contributed by atoms with Gasteiger partial charge in [0.25, 0.3) is 0 Å². The number of aromatic hydroxyl groups is 1. The van der Waals surface area contributed by atoms with Gasteiger partial charge < -0.3 is 16.2 Å². The number of phenolic OH excluding ortho intramolecular Hbond substituents is 1. The van der Waals surface area contributed by atoms with Crippen LogP contribution in [0.3, 0.4) is 0 Å². The quantitative estimate of drug-likeness (QED) is 0.714. The number of hydrogen-bond acceptors (Lipinski definition) is 5. The van der Waals surface area contributed by atoms with Gasteiger partial charge in [0.15, 0.2) is 0 Å². The highest BCUT2D eigenvalue weighted by Gasteiger charge is 2.23. The first-order chi connectivity index (χ1) is 10.8. The van der Waals surface area contributed by atoms with E-state index in [1.54, 1.807) is 12.1 Å². The van der Waals surface area contributed by atoms with Crippen molar-refractivity contribution in [2.45, 2.75) is 31.6 Å². The molecule has 1 saturated carbocycles. The molecule has 0 atom stereocenters. The van der Waals surface area contributed by atoms with Gasteiger partial charge >= 0.3 is 0 Å². The molecule has 0 unspecified atom stereocenters. The maximum absolute atomic E-state index is 9.73. The number of hydrogen-bond donors (Lipinski definition) is 3. The van der Waals surface area contributed by atoms with Crippen molar-refractivity contribution in [3.05, 3.63) is 36.3 Å². The number of aromatic nitrogens is 2. The molecule has 0 bridgehead atoms. The molecule has 5 heteroatoms. The summed E-state index contributed by atoms with van der Waals surface area (Å²) in [5.74, 6) is 1.64. The van der Waals surface area contributed by atoms with Crippen LogP contribution in [-0.4, -0.2) is 28.2 Å². The molecule has 1 aliphatic carbocycles. The molecule has 1 fully saturated rings. The molecule has 1 heterocycles. The summed E-state index contributed by atoms with van der Waals surface area (Å²) in [6.07, 6.45) is 6.34. The van der Waals surface area contributed by atoms with Crippen LogP contribution in [0, 0.1) is 0 Å². The third-order valence-corrected chi connectivity index (χ3v) is 4.09. The van der Waals surface area contributed by atoms with Crippen molar-refractivity contribution in [3.8, 4) is 17.0 Å². The third-order valence-electron chi connectivity index (χ3n) is 4.09. The molecule has 1 aromatic carbocycles. The van der Waals surface area contributed by atoms with Gasteiger partial charge in [0.2, 0.25) is 0 Å². The van der Waals surface area contributed by atoms with Crippen LogP contribution >= 0.6 is 0 Å². The summed E-state index contributed by atoms with van der Waals surface area (Å²) in [5, 5.41) is 13.1. The molecule has 0 amide bonds. The molecular weight excluding hydrogens is 276 g/mol. The summed E-state index contributed by atoms with van der Waals surface area (Å²) in [6.45, 7) is 1.43. The Morgan fingerprint density at radius 2 is 2.18 bits per heavy atom. The maximum atomic E-state index is 9.73. The normalized spacial score (nSPS) is 14.6. The van der Waals surface area contributed by atoms with Crippen LogP contribution in [0.4, 0.5) is 5.69 Å². The van der Waals surface area contributed by atoms with Crippen LogP contribution < -0.4 is 11.1 Å². The van der Waals surface area contributed by atoms with Crippen molar-refractivity contribution >= 4 is 5.69 Å². The van der Waals surface area contributed by atoms with Gasteiger partial charge in [-0.3, -0.25) is 0 Å². The predicted octanol–water partition coefficient (Wildman–Crippen LogP) is 2.88. The van der Waals surface area contributed by atoms with Crippen LogP contribution in [0.2, 0.25) is 0 Å². The summed E-state index contributed by atoms with van der Waals surface area (Å²) in [6, 6.07) is 7.19. The molecule has 1 aliphatic rings. The molecule has 5 nitrogen and oxygen atoms in total. The van der Waals surface area contributed by atoms with Crippen LogP contribution in [-0.2, 0) is 0 Å². The molecule has 1 aromatic heterocycles. The van der Waals surface area contributed by atoms with Crippen molar-refractivity contribution in [2.75, 3.05) is 18.4 Å². The molecule has 3 rings (SSSR count). The highest BCUT2D eigenvalue weighted by Crippen LogP contribution is 2.36. The van der Waals surface area contributed by atoms with E-state index in [4.69, 9.17) is 10.7 Å². The summed E-state index contributed by atoms with van der Waals surface area (Å²) in [5.41, 5.74) is 8.19. The van der Waals surface area contributed by atoms with Gasteiger partial charge in [-0.2, -0.15) is 0 Å². The minimum atomic E-state index is 0.245. The Bertz CT molecular complexity index is 640. The van der Waals surface area contributed by atoms with Crippen molar-refractivity contribution in [2.24, 2.45) is 5.73 Å². The van der Waals surface area contributed by atoms with Gasteiger partial charge in [0, 0.05) is 18.0 Å². The zero-order chi connectivity index (χ0) is 15.4. The molecular formula is C17H22N4O. The Balaban J connectivity index is 1.94. The van der Waals surface area contributed by atoms with Crippen LogP contribution in [0.1, 0.15) is 37.4 Å². The van der Waals surface area contributed by atoms with Gasteiger partial charge in [-0.25, -0.2) is 9.97 Å². The van der Waals surface area contributed by atoms with Crippen LogP contribution in [0.25, 0.3) is 11.3 Å². The molecule has 0 radical (unpaired) electrons. The fourth-order valence-corrected chi connectivity index (χ4v) is 2.59. The van der Waals surface area contributed by atoms with E-state index in [1.165, 1.54) is 19.3 Å². The molecule has 2 aromatic rings. The van der Waals surface area contributed by atoms with E-state index < -0.39 is 0 Å². The Morgan fingerprint density at radius 1 is 1.32 bits per heavy atom. The number of anilines is 1. The smallest absolute Gasteiger partial charge is 0.132 e. The minimum Gasteiger partial charge on any atom is -0.508 e. The van der Waals surface area contributed by atoms with Crippen molar-refractivity contribution in [1.82, 2.24) is 9.97 Å². The highest BCUT2D eigenvalue weighted by molar-refractivity contribution is 5.74. The average molecular weight is 298 g/mol. The predicted molar refractivity (Wildman–Crippen MR) is 87.9 cm³/mol. The number of rotatable bonds is 6. The number of nitrogens with zero attached hydrogens (tertiary/aromatic N) is 2. The van der Waals surface area contributed by atoms with Gasteiger partial charge in [-0.05, 0) is 37.9 Å². The van der Waals surface area contributed by atoms with E-state index in [0.717, 1.165) is 35.7 Å². The Morgan fingerprint density at radius 3 is 2.86 bits per heavy atom. The SMILES string of the molecule is NCCCNc1cnc(C2CCC2)nc1-c1cccc(O)c1. The first kappa shape index (κ1) is 14.8. The monoisotopic (exact) mass is 298 g/mol. The standard InChI is InChI=1S/C17H22N4O/c18-8-3-9-19-15-11-20-17(12-4-1-5-12)21-16(15)13-6-2-7-14(22)10-13/h2,6-7,10-12,19,22H,1,3-5,8-9,18H2. The van der Waals surface area contributed by atoms with E-state index in [0.29, 0.717) is 12.5 Å². The number of benzene rings is 1. The second-order valence-electron chi connectivity index (χ2n) is 5.74. The molecule has 0 spiro atoms. The fourth-order valence-electron chi connectivity index (χ4n) is 2.59. The lowest BCUT2D eigenvalue weighted by Gasteiger charge is -2.24. The molecule has 0 aliphatic heterocycles. The molecule has 4 N–H and O–H groups in total. The average Bonchev–Trinajstić information content (AvgIpc) is 2.47. The second-order valence-corrected chi connectivity index (χ2v) is 5.74. The fraction of sp³-hybridized carbons (Fsp3) is 0.412. The lowest BCUT2D eigenvalue weighted by Crippen LogP contribution is -2.15. The second kappa shape index (κ2) is 6.75. The first-order valence-electron chi connectivity index (χ1n) is 7.88. The van der Waals surface area contributed by atoms with Crippen LogP contribution in [0.5, 0.6) is 5.75 Å². The summed E-state index contributed by atoms with van der Waals surface area (Å²) < 4.78 is 0. The Hall–Kier alpha value is -2.14. The lowest BCUT2D eigenvalue weighted by atomic mass is 9.85. The third kappa shape index (κ3) is 3.20. The van der Waals surface area contributed by atoms with Crippen molar-refractivity contribution in [3.63, 3.8) is 0 Å². The zero-order valence-electron chi connectivity index (χ0n) is 12.6. The number of nitrogens with two attached hydrogens (primary N) is 1. The maximum Gasteiger partial charge on any atom is 0.132 e. The van der Waals surface area contributed by atoms with Crippen molar-refractivity contribution < 1.29 is 5.11 Å². The van der Waals surface area contributed by atoms with E-state index in [9.17, 15) is 5.11 Å². The summed E-state index contributed by atoms with van der Waals surface area (Å²) in [7, 11) is 0. The lowest BCUT2D eigenvalue weighted by molar-refractivity contribution is 0.401. The van der Waals surface area contributed by atoms with Crippen LogP contribution in [0.15, 0.2) is 30.5 Å². The summed E-state index contributed by atoms with van der Waals surface area (Å²) >= 11 is 0. The number of nitrogens with one attached hydrogen (secondary N) is 1. The topological polar surface area (TPSA) is 84.1 Å². The minimum absolute atomic E-state index is 0.245. The molecule has 22 heavy (non-hydrogen) atoms. The van der Waals surface area contributed by atoms with Gasteiger partial charge in [0.05, 0.1) is 17.6 Å². The van der Waals surface area contributed by atoms with Gasteiger partial charge in [-0.1, -0.05) is 18.6 Å². The van der Waals surface area contributed by atoms with Gasteiger partial charge in [-0.15, -0.1) is 0 Å². The molecule has 116 valence electrons. The Kier molecular flexibility index (Phi) is 4.53. The van der Waals surface area contributed by atoms with Gasteiger partial charge in [0.1, 0.15) is 11.6 Å². The van der Waals surface area contributed by atoms with E-state index >= 15 is 0 Å². The highest BCUT2D eigenvalue weighted by atomic mass is 16.3. The summed E-state index contributed by atoms with van der Waals surface area (Å²) in [4.78, 5) is 9.29. The zero-order valence-corrected chi connectivity index (χ0v) is 12.6. The molecule has 0 saturated heterocycles. The Labute approximate surface area is 130 Å². The van der Waals surface area contributed by atoms with E-state index in [-0.39, 0.29) is 5.75 Å². The largest absolute Gasteiger partial charge is 0.508 e. The van der Waals surface area contributed by atoms with E-state index in [1.807, 2.05) is 18.3 Å². The first-order valence-corrected chi connectivity index (χ1v) is 7.88.